The van der Waals surface area contributed by atoms with Crippen molar-refractivity contribution in [1.29, 1.82) is 0 Å². The van der Waals surface area contributed by atoms with Gasteiger partial charge in [-0.2, -0.15) is 0 Å². The fourth-order valence-electron chi connectivity index (χ4n) is 3.87. The smallest absolute Gasteiger partial charge is 0.224 e. The molecule has 126 valence electrons. The van der Waals surface area contributed by atoms with E-state index in [-0.39, 0.29) is 29.4 Å². The highest BCUT2D eigenvalue weighted by Gasteiger charge is 2.35. The van der Waals surface area contributed by atoms with Crippen molar-refractivity contribution in [2.24, 2.45) is 11.8 Å². The first-order valence-corrected chi connectivity index (χ1v) is 10.4. The lowest BCUT2D eigenvalue weighted by Crippen LogP contribution is -2.44. The maximum Gasteiger partial charge on any atom is 0.224 e. The van der Waals surface area contributed by atoms with Crippen LogP contribution >= 0.6 is 0 Å². The lowest BCUT2D eigenvalue weighted by atomic mass is 9.91. The van der Waals surface area contributed by atoms with E-state index >= 15 is 0 Å². The van der Waals surface area contributed by atoms with Gasteiger partial charge in [-0.3, -0.25) is 4.79 Å². The summed E-state index contributed by atoms with van der Waals surface area (Å²) in [5.41, 5.74) is 1.23. The van der Waals surface area contributed by atoms with E-state index in [1.54, 1.807) is 0 Å². The number of amides is 1. The van der Waals surface area contributed by atoms with Gasteiger partial charge in [0, 0.05) is 6.04 Å². The summed E-state index contributed by atoms with van der Waals surface area (Å²) in [5, 5.41) is 3.18. The number of carbonyl (C=O) groups is 1. The van der Waals surface area contributed by atoms with Gasteiger partial charge < -0.3 is 5.32 Å². The topological polar surface area (TPSA) is 63.2 Å². The summed E-state index contributed by atoms with van der Waals surface area (Å²) in [6.07, 6.45) is 6.06. The maximum absolute atomic E-state index is 12.5. The van der Waals surface area contributed by atoms with Crippen LogP contribution in [0.4, 0.5) is 0 Å². The minimum Gasteiger partial charge on any atom is -0.352 e. The van der Waals surface area contributed by atoms with Gasteiger partial charge in [-0.1, -0.05) is 43.2 Å². The summed E-state index contributed by atoms with van der Waals surface area (Å²) in [6, 6.07) is 10.3. The van der Waals surface area contributed by atoms with Gasteiger partial charge in [0.1, 0.15) is 0 Å². The lowest BCUT2D eigenvalue weighted by Gasteiger charge is -2.26. The van der Waals surface area contributed by atoms with Gasteiger partial charge in [0.2, 0.25) is 5.91 Å². The first-order chi connectivity index (χ1) is 11.0. The van der Waals surface area contributed by atoms with E-state index in [9.17, 15) is 13.2 Å². The normalized spacial score (nSPS) is 25.3. The van der Waals surface area contributed by atoms with Crippen LogP contribution in [-0.2, 0) is 21.1 Å². The summed E-state index contributed by atoms with van der Waals surface area (Å²) in [5.74, 6) is 0.245. The Hall–Kier alpha value is -1.36. The minimum atomic E-state index is -3.02. The first-order valence-electron chi connectivity index (χ1n) is 8.58. The molecular weight excluding hydrogens is 310 g/mol. The highest BCUT2D eigenvalue weighted by atomic mass is 32.2. The highest BCUT2D eigenvalue weighted by molar-refractivity contribution is 7.91. The third-order valence-electron chi connectivity index (χ3n) is 5.20. The van der Waals surface area contributed by atoms with E-state index in [0.717, 1.165) is 19.3 Å². The molecule has 1 aliphatic heterocycles. The standard InChI is InChI=1S/C18H25NO3S/c20-18(16-10-11-23(21,22)13-16)19-17(15-8-4-5-9-15)12-14-6-2-1-3-7-14/h1-3,6-7,15-17H,4-5,8-13H2,(H,19,20). The summed E-state index contributed by atoms with van der Waals surface area (Å²) in [7, 11) is -3.02. The van der Waals surface area contributed by atoms with E-state index in [4.69, 9.17) is 0 Å². The molecule has 4 nitrogen and oxygen atoms in total. The molecular formula is C18H25NO3S. The van der Waals surface area contributed by atoms with E-state index in [1.165, 1.54) is 18.4 Å². The maximum atomic E-state index is 12.5. The molecule has 1 aliphatic carbocycles. The van der Waals surface area contributed by atoms with Crippen LogP contribution in [0.15, 0.2) is 30.3 Å². The zero-order valence-corrected chi connectivity index (χ0v) is 14.2. The molecule has 2 aliphatic rings. The predicted octanol–water partition coefficient (Wildman–Crippen LogP) is 2.34. The number of hydrogen-bond acceptors (Lipinski definition) is 3. The Morgan fingerprint density at radius 3 is 2.43 bits per heavy atom. The van der Waals surface area contributed by atoms with Gasteiger partial charge in [0.25, 0.3) is 0 Å². The van der Waals surface area contributed by atoms with Crippen molar-refractivity contribution in [3.8, 4) is 0 Å². The van der Waals surface area contributed by atoms with E-state index in [0.29, 0.717) is 12.3 Å². The molecule has 1 amide bonds. The Bertz CT molecular complexity index is 635. The summed E-state index contributed by atoms with van der Waals surface area (Å²) >= 11 is 0. The Labute approximate surface area is 138 Å². The number of sulfone groups is 1. The predicted molar refractivity (Wildman–Crippen MR) is 90.8 cm³/mol. The third-order valence-corrected chi connectivity index (χ3v) is 6.97. The van der Waals surface area contributed by atoms with Crippen LogP contribution in [0.1, 0.15) is 37.7 Å². The second-order valence-electron chi connectivity index (χ2n) is 6.95. The van der Waals surface area contributed by atoms with Crippen molar-refractivity contribution in [2.75, 3.05) is 11.5 Å². The molecule has 1 aromatic rings. The number of nitrogens with one attached hydrogen (secondary N) is 1. The molecule has 1 saturated heterocycles. The van der Waals surface area contributed by atoms with Crippen LogP contribution < -0.4 is 5.32 Å². The molecule has 1 N–H and O–H groups in total. The Kier molecular flexibility index (Phi) is 5.05. The quantitative estimate of drug-likeness (QED) is 0.898. The molecule has 2 atom stereocenters. The highest BCUT2D eigenvalue weighted by Crippen LogP contribution is 2.30. The SMILES string of the molecule is O=C(NC(Cc1ccccc1)C1CCCC1)C1CCS(=O)(=O)C1. The Morgan fingerprint density at radius 1 is 1.13 bits per heavy atom. The average molecular weight is 335 g/mol. The van der Waals surface area contributed by atoms with Gasteiger partial charge >= 0.3 is 0 Å². The van der Waals surface area contributed by atoms with Crippen LogP contribution in [0.25, 0.3) is 0 Å². The fourth-order valence-corrected chi connectivity index (χ4v) is 5.61. The van der Waals surface area contributed by atoms with E-state index in [2.05, 4.69) is 17.4 Å². The van der Waals surface area contributed by atoms with Gasteiger partial charge in [0.15, 0.2) is 9.84 Å². The zero-order chi connectivity index (χ0) is 16.3. The fraction of sp³-hybridized carbons (Fsp3) is 0.611. The van der Waals surface area contributed by atoms with Crippen molar-refractivity contribution in [1.82, 2.24) is 5.32 Å². The molecule has 5 heteroatoms. The summed E-state index contributed by atoms with van der Waals surface area (Å²) < 4.78 is 23.2. The van der Waals surface area contributed by atoms with Gasteiger partial charge in [-0.15, -0.1) is 0 Å². The minimum absolute atomic E-state index is 0.0154. The summed E-state index contributed by atoms with van der Waals surface area (Å²) in [4.78, 5) is 12.5. The molecule has 1 aromatic carbocycles. The van der Waals surface area contributed by atoms with E-state index in [1.807, 2.05) is 18.2 Å². The first kappa shape index (κ1) is 16.5. The number of hydrogen-bond donors (Lipinski definition) is 1. The summed E-state index contributed by atoms with van der Waals surface area (Å²) in [6.45, 7) is 0. The number of carbonyl (C=O) groups excluding carboxylic acids is 1. The zero-order valence-electron chi connectivity index (χ0n) is 13.4. The van der Waals surface area contributed by atoms with Gasteiger partial charge in [0.05, 0.1) is 17.4 Å². The lowest BCUT2D eigenvalue weighted by molar-refractivity contribution is -0.125. The van der Waals surface area contributed by atoms with Gasteiger partial charge in [-0.05, 0) is 37.2 Å². The molecule has 3 rings (SSSR count). The molecule has 0 spiro atoms. The molecule has 0 aromatic heterocycles. The number of rotatable bonds is 5. The molecule has 0 radical (unpaired) electrons. The van der Waals surface area contributed by atoms with Crippen LogP contribution in [0.5, 0.6) is 0 Å². The van der Waals surface area contributed by atoms with Crippen molar-refractivity contribution in [3.63, 3.8) is 0 Å². The van der Waals surface area contributed by atoms with Crippen molar-refractivity contribution in [3.05, 3.63) is 35.9 Å². The van der Waals surface area contributed by atoms with Crippen LogP contribution in [0, 0.1) is 11.8 Å². The number of benzene rings is 1. The van der Waals surface area contributed by atoms with Gasteiger partial charge in [-0.25, -0.2) is 8.42 Å². The second kappa shape index (κ2) is 7.04. The molecule has 0 bridgehead atoms. The molecule has 23 heavy (non-hydrogen) atoms. The second-order valence-corrected chi connectivity index (χ2v) is 9.18. The molecule has 2 fully saturated rings. The van der Waals surface area contributed by atoms with Crippen LogP contribution in [0.3, 0.4) is 0 Å². The largest absolute Gasteiger partial charge is 0.352 e. The average Bonchev–Trinajstić information content (AvgIpc) is 3.17. The van der Waals surface area contributed by atoms with Crippen molar-refractivity contribution < 1.29 is 13.2 Å². The molecule has 2 unspecified atom stereocenters. The molecule has 1 heterocycles. The van der Waals surface area contributed by atoms with Crippen molar-refractivity contribution in [2.45, 2.75) is 44.6 Å². The Balaban J connectivity index is 1.67. The van der Waals surface area contributed by atoms with Crippen molar-refractivity contribution >= 4 is 15.7 Å². The monoisotopic (exact) mass is 335 g/mol. The van der Waals surface area contributed by atoms with Crippen LogP contribution in [-0.4, -0.2) is 31.9 Å². The van der Waals surface area contributed by atoms with E-state index < -0.39 is 9.84 Å². The third kappa shape index (κ3) is 4.34. The van der Waals surface area contributed by atoms with Crippen LogP contribution in [0.2, 0.25) is 0 Å². The Morgan fingerprint density at radius 2 is 1.83 bits per heavy atom. The molecule has 1 saturated carbocycles.